The molecule has 2 aromatic carbocycles. The maximum atomic E-state index is 12.6. The quantitative estimate of drug-likeness (QED) is 0.583. The first-order valence-corrected chi connectivity index (χ1v) is 8.68. The summed E-state index contributed by atoms with van der Waals surface area (Å²) in [6.45, 7) is 0. The number of thiocarbonyl (C=S) groups is 1. The van der Waals surface area contributed by atoms with Crippen molar-refractivity contribution in [1.29, 1.82) is 0 Å². The molecule has 138 valence electrons. The number of halogens is 3. The second kappa shape index (κ2) is 7.16. The number of aromatic carboxylic acids is 1. The topological polar surface area (TPSA) is 57.6 Å². The summed E-state index contributed by atoms with van der Waals surface area (Å²) in [7, 11) is 0. The molecule has 0 aromatic heterocycles. The van der Waals surface area contributed by atoms with Crippen molar-refractivity contribution >= 4 is 51.9 Å². The number of carbonyl (C=O) groups is 2. The van der Waals surface area contributed by atoms with E-state index in [1.54, 1.807) is 6.07 Å². The number of hydrogen-bond donors (Lipinski definition) is 1. The van der Waals surface area contributed by atoms with Gasteiger partial charge < -0.3 is 5.11 Å². The minimum atomic E-state index is -4.43. The van der Waals surface area contributed by atoms with Gasteiger partial charge in [0.15, 0.2) is 4.32 Å². The highest BCUT2D eigenvalue weighted by Gasteiger charge is 2.34. The Balaban J connectivity index is 1.89. The maximum absolute atomic E-state index is 12.6. The van der Waals surface area contributed by atoms with Crippen molar-refractivity contribution in [2.24, 2.45) is 0 Å². The fraction of sp³-hybridized carbons (Fsp3) is 0.0556. The smallest absolute Gasteiger partial charge is 0.416 e. The zero-order valence-electron chi connectivity index (χ0n) is 13.4. The van der Waals surface area contributed by atoms with Crippen LogP contribution >= 0.6 is 24.0 Å². The van der Waals surface area contributed by atoms with Crippen molar-refractivity contribution in [3.63, 3.8) is 0 Å². The monoisotopic (exact) mass is 409 g/mol. The van der Waals surface area contributed by atoms with Gasteiger partial charge in [-0.15, -0.1) is 0 Å². The molecule has 0 radical (unpaired) electrons. The largest absolute Gasteiger partial charge is 0.478 e. The van der Waals surface area contributed by atoms with Crippen LogP contribution in [0.2, 0.25) is 0 Å². The molecule has 1 N–H and O–H groups in total. The lowest BCUT2D eigenvalue weighted by molar-refractivity contribution is -0.137. The summed E-state index contributed by atoms with van der Waals surface area (Å²) in [5.74, 6) is -1.60. The number of anilines is 1. The molecule has 1 aliphatic heterocycles. The Hall–Kier alpha value is -2.65. The molecule has 1 heterocycles. The standard InChI is InChI=1S/C18H10F3NO3S2/c19-18(20,21)12-6-4-10(5-7-12)8-14-15(23)22(17(26)27-14)13-3-1-2-11(9-13)16(24)25/h1-9H,(H,24,25)/b14-8+. The summed E-state index contributed by atoms with van der Waals surface area (Å²) in [5.41, 5.74) is -0.0399. The average Bonchev–Trinajstić information content (AvgIpc) is 2.88. The minimum absolute atomic E-state index is 0.00766. The lowest BCUT2D eigenvalue weighted by Gasteiger charge is -2.14. The van der Waals surface area contributed by atoms with Gasteiger partial charge in [0.05, 0.1) is 21.7 Å². The molecule has 0 atom stereocenters. The Morgan fingerprint density at radius 1 is 1.15 bits per heavy atom. The minimum Gasteiger partial charge on any atom is -0.478 e. The van der Waals surface area contributed by atoms with Crippen molar-refractivity contribution in [2.45, 2.75) is 6.18 Å². The Bertz CT molecular complexity index is 969. The number of carboxylic acid groups (broad SMARTS) is 1. The van der Waals surface area contributed by atoms with Gasteiger partial charge in [0, 0.05) is 0 Å². The predicted molar refractivity (Wildman–Crippen MR) is 100 cm³/mol. The summed E-state index contributed by atoms with van der Waals surface area (Å²) < 4.78 is 38.1. The highest BCUT2D eigenvalue weighted by atomic mass is 32.2. The molecule has 1 amide bonds. The lowest BCUT2D eigenvalue weighted by Crippen LogP contribution is -2.27. The van der Waals surface area contributed by atoms with Crippen LogP contribution in [0.25, 0.3) is 6.08 Å². The fourth-order valence-corrected chi connectivity index (χ4v) is 3.69. The number of alkyl halides is 3. The zero-order chi connectivity index (χ0) is 19.8. The number of carboxylic acids is 1. The number of benzene rings is 2. The molecular weight excluding hydrogens is 399 g/mol. The highest BCUT2D eigenvalue weighted by Crippen LogP contribution is 2.36. The molecule has 9 heteroatoms. The van der Waals surface area contributed by atoms with Gasteiger partial charge in [0.2, 0.25) is 0 Å². The van der Waals surface area contributed by atoms with E-state index in [9.17, 15) is 22.8 Å². The van der Waals surface area contributed by atoms with Crippen LogP contribution in [0.5, 0.6) is 0 Å². The van der Waals surface area contributed by atoms with Crippen LogP contribution in [0.15, 0.2) is 53.4 Å². The molecule has 0 aliphatic carbocycles. The summed E-state index contributed by atoms with van der Waals surface area (Å²) in [6, 6.07) is 10.2. The van der Waals surface area contributed by atoms with E-state index in [1.807, 2.05) is 0 Å². The Morgan fingerprint density at radius 3 is 2.41 bits per heavy atom. The van der Waals surface area contributed by atoms with E-state index < -0.39 is 23.6 Å². The summed E-state index contributed by atoms with van der Waals surface area (Å²) in [4.78, 5) is 25.2. The van der Waals surface area contributed by atoms with E-state index in [-0.39, 0.29) is 14.8 Å². The number of carbonyl (C=O) groups excluding carboxylic acids is 1. The van der Waals surface area contributed by atoms with Gasteiger partial charge in [0.1, 0.15) is 0 Å². The third-order valence-corrected chi connectivity index (χ3v) is 4.98. The Morgan fingerprint density at radius 2 is 1.81 bits per heavy atom. The third kappa shape index (κ3) is 4.04. The highest BCUT2D eigenvalue weighted by molar-refractivity contribution is 8.27. The van der Waals surface area contributed by atoms with Gasteiger partial charge in [-0.3, -0.25) is 9.69 Å². The molecule has 0 bridgehead atoms. The molecular formula is C18H10F3NO3S2. The number of thioether (sulfide) groups is 1. The molecule has 1 aliphatic rings. The fourth-order valence-electron chi connectivity index (χ4n) is 2.39. The van der Waals surface area contributed by atoms with Gasteiger partial charge in [0.25, 0.3) is 5.91 Å². The predicted octanol–water partition coefficient (Wildman–Crippen LogP) is 4.81. The van der Waals surface area contributed by atoms with E-state index in [4.69, 9.17) is 17.3 Å². The third-order valence-electron chi connectivity index (χ3n) is 3.68. The first kappa shape index (κ1) is 19.1. The number of nitrogens with zero attached hydrogens (tertiary/aromatic N) is 1. The zero-order valence-corrected chi connectivity index (χ0v) is 15.0. The van der Waals surface area contributed by atoms with Crippen LogP contribution in [0.3, 0.4) is 0 Å². The molecule has 27 heavy (non-hydrogen) atoms. The van der Waals surface area contributed by atoms with Crippen molar-refractivity contribution < 1.29 is 27.9 Å². The second-order valence-electron chi connectivity index (χ2n) is 5.49. The van der Waals surface area contributed by atoms with Crippen molar-refractivity contribution in [3.05, 3.63) is 70.1 Å². The number of amides is 1. The van der Waals surface area contributed by atoms with Crippen LogP contribution in [0, 0.1) is 0 Å². The van der Waals surface area contributed by atoms with Crippen molar-refractivity contribution in [3.8, 4) is 0 Å². The Kier molecular flexibility index (Phi) is 5.07. The van der Waals surface area contributed by atoms with E-state index in [1.165, 1.54) is 41.3 Å². The van der Waals surface area contributed by atoms with Crippen molar-refractivity contribution in [1.82, 2.24) is 0 Å². The first-order chi connectivity index (χ1) is 12.7. The lowest BCUT2D eigenvalue weighted by atomic mass is 10.1. The summed E-state index contributed by atoms with van der Waals surface area (Å²) in [5, 5.41) is 9.08. The van der Waals surface area contributed by atoms with Gasteiger partial charge >= 0.3 is 12.1 Å². The van der Waals surface area contributed by atoms with Gasteiger partial charge in [-0.05, 0) is 42.0 Å². The molecule has 1 saturated heterocycles. The first-order valence-electron chi connectivity index (χ1n) is 7.45. The van der Waals surface area contributed by atoms with E-state index >= 15 is 0 Å². The van der Waals surface area contributed by atoms with Gasteiger partial charge in [-0.25, -0.2) is 4.79 Å². The van der Waals surface area contributed by atoms with Crippen LogP contribution in [0.4, 0.5) is 18.9 Å². The van der Waals surface area contributed by atoms with E-state index in [2.05, 4.69) is 0 Å². The molecule has 2 aromatic rings. The van der Waals surface area contributed by atoms with Gasteiger partial charge in [-0.1, -0.05) is 42.2 Å². The van der Waals surface area contributed by atoms with Crippen LogP contribution in [-0.2, 0) is 11.0 Å². The van der Waals surface area contributed by atoms with E-state index in [0.29, 0.717) is 11.3 Å². The van der Waals surface area contributed by atoms with Crippen LogP contribution in [0.1, 0.15) is 21.5 Å². The summed E-state index contributed by atoms with van der Waals surface area (Å²) in [6.07, 6.45) is -2.99. The Labute approximate surface area is 161 Å². The molecule has 0 saturated carbocycles. The van der Waals surface area contributed by atoms with Crippen molar-refractivity contribution in [2.75, 3.05) is 4.90 Å². The number of rotatable bonds is 3. The average molecular weight is 409 g/mol. The van der Waals surface area contributed by atoms with Gasteiger partial charge in [-0.2, -0.15) is 13.2 Å². The molecule has 3 rings (SSSR count). The van der Waals surface area contributed by atoms with Crippen LogP contribution in [-0.4, -0.2) is 21.3 Å². The maximum Gasteiger partial charge on any atom is 0.416 e. The molecule has 0 spiro atoms. The summed E-state index contributed by atoms with van der Waals surface area (Å²) >= 11 is 6.20. The molecule has 4 nitrogen and oxygen atoms in total. The second-order valence-corrected chi connectivity index (χ2v) is 7.17. The van der Waals surface area contributed by atoms with E-state index in [0.717, 1.165) is 23.9 Å². The normalized spacial score (nSPS) is 16.3. The molecule has 0 unspecified atom stereocenters. The van der Waals surface area contributed by atoms with Crippen LogP contribution < -0.4 is 4.90 Å². The number of hydrogen-bond acceptors (Lipinski definition) is 4. The molecule has 1 fully saturated rings. The SMILES string of the molecule is O=C(O)c1cccc(N2C(=O)/C(=C\c3ccc(C(F)(F)F)cc3)SC2=S)c1.